The van der Waals surface area contributed by atoms with Crippen molar-refractivity contribution in [2.45, 2.75) is 0 Å². The number of carbonyl (C=O) groups excluding carboxylic acids is 1. The molecule has 0 spiro atoms. The molecule has 0 aliphatic rings. The van der Waals surface area contributed by atoms with E-state index in [2.05, 4.69) is 4.98 Å². The van der Waals surface area contributed by atoms with E-state index in [0.717, 1.165) is 0 Å². The number of thiazole rings is 1. The van der Waals surface area contributed by atoms with E-state index < -0.39 is 5.91 Å². The van der Waals surface area contributed by atoms with Crippen molar-refractivity contribution in [3.05, 3.63) is 16.6 Å². The molecular weight excluding hydrogens is 147 g/mol. The van der Waals surface area contributed by atoms with Crippen LogP contribution in [0.15, 0.2) is 11.6 Å². The molecule has 1 aromatic heterocycles. The molecular formula is C4H4N2NaOS. The Morgan fingerprint density at radius 2 is 2.44 bits per heavy atom. The molecule has 1 rings (SSSR count). The van der Waals surface area contributed by atoms with Gasteiger partial charge in [0.1, 0.15) is 0 Å². The summed E-state index contributed by atoms with van der Waals surface area (Å²) in [5.74, 6) is -0.458. The number of nitrogens with zero attached hydrogens (tertiary/aromatic N) is 1. The fourth-order valence-electron chi connectivity index (χ4n) is 0.345. The van der Waals surface area contributed by atoms with Crippen molar-refractivity contribution in [1.82, 2.24) is 4.98 Å². The van der Waals surface area contributed by atoms with E-state index in [4.69, 9.17) is 5.73 Å². The SMILES string of the molecule is NC(=O)c1nccs1.[Na]. The molecule has 3 nitrogen and oxygen atoms in total. The van der Waals surface area contributed by atoms with Gasteiger partial charge < -0.3 is 5.73 Å². The molecule has 0 aliphatic heterocycles. The van der Waals surface area contributed by atoms with Gasteiger partial charge in [-0.2, -0.15) is 0 Å². The molecule has 43 valence electrons. The molecule has 0 saturated carbocycles. The second kappa shape index (κ2) is 4.00. The molecule has 0 bridgehead atoms. The maximum absolute atomic E-state index is 10.2. The number of nitrogens with two attached hydrogens (primary N) is 1. The third kappa shape index (κ3) is 2.45. The molecule has 0 aromatic carbocycles. The third-order valence-corrected chi connectivity index (χ3v) is 1.43. The van der Waals surface area contributed by atoms with Crippen LogP contribution >= 0.6 is 11.3 Å². The van der Waals surface area contributed by atoms with Crippen molar-refractivity contribution in [3.63, 3.8) is 0 Å². The van der Waals surface area contributed by atoms with Crippen LogP contribution in [0.5, 0.6) is 0 Å². The molecule has 1 radical (unpaired) electrons. The van der Waals surface area contributed by atoms with E-state index in [1.54, 1.807) is 11.6 Å². The number of amides is 1. The minimum Gasteiger partial charge on any atom is -0.364 e. The monoisotopic (exact) mass is 151 g/mol. The van der Waals surface area contributed by atoms with E-state index in [9.17, 15) is 4.79 Å². The number of aromatic nitrogens is 1. The van der Waals surface area contributed by atoms with Crippen molar-refractivity contribution >= 4 is 46.8 Å². The van der Waals surface area contributed by atoms with Gasteiger partial charge in [-0.15, -0.1) is 11.3 Å². The topological polar surface area (TPSA) is 56.0 Å². The van der Waals surface area contributed by atoms with Crippen LogP contribution in [0.2, 0.25) is 0 Å². The van der Waals surface area contributed by atoms with Gasteiger partial charge in [-0.1, -0.05) is 0 Å². The Kier molecular flexibility index (Phi) is 4.05. The summed E-state index contributed by atoms with van der Waals surface area (Å²) in [6, 6.07) is 0. The van der Waals surface area contributed by atoms with Crippen molar-refractivity contribution in [2.75, 3.05) is 0 Å². The van der Waals surface area contributed by atoms with Crippen molar-refractivity contribution in [2.24, 2.45) is 5.73 Å². The van der Waals surface area contributed by atoms with Crippen LogP contribution in [0.4, 0.5) is 0 Å². The third-order valence-electron chi connectivity index (χ3n) is 0.643. The van der Waals surface area contributed by atoms with Gasteiger partial charge in [-0.3, -0.25) is 4.79 Å². The molecule has 9 heavy (non-hydrogen) atoms. The van der Waals surface area contributed by atoms with Gasteiger partial charge in [0.2, 0.25) is 0 Å². The Morgan fingerprint density at radius 1 is 1.78 bits per heavy atom. The first-order valence-corrected chi connectivity index (χ1v) is 2.88. The smallest absolute Gasteiger partial charge is 0.277 e. The fraction of sp³-hybridized carbons (Fsp3) is 0. The molecule has 5 heteroatoms. The van der Waals surface area contributed by atoms with E-state index in [1.165, 1.54) is 11.3 Å². The van der Waals surface area contributed by atoms with Crippen LogP contribution in [0, 0.1) is 0 Å². The summed E-state index contributed by atoms with van der Waals surface area (Å²) in [4.78, 5) is 13.9. The van der Waals surface area contributed by atoms with Gasteiger partial charge in [0.15, 0.2) is 5.01 Å². The molecule has 1 aromatic rings. The van der Waals surface area contributed by atoms with Gasteiger partial charge in [0.25, 0.3) is 5.91 Å². The average Bonchev–Trinajstić information content (AvgIpc) is 2.12. The number of hydrogen-bond donors (Lipinski definition) is 1. The molecule has 0 saturated heterocycles. The maximum atomic E-state index is 10.2. The molecule has 0 atom stereocenters. The zero-order chi connectivity index (χ0) is 5.98. The Balaban J connectivity index is 0.000000640. The molecule has 2 N–H and O–H groups in total. The zero-order valence-electron chi connectivity index (χ0n) is 5.00. The van der Waals surface area contributed by atoms with Crippen LogP contribution in [0.25, 0.3) is 0 Å². The Bertz CT molecular complexity index is 186. The van der Waals surface area contributed by atoms with E-state index >= 15 is 0 Å². The Labute approximate surface area is 78.6 Å². The van der Waals surface area contributed by atoms with E-state index in [-0.39, 0.29) is 29.6 Å². The van der Waals surface area contributed by atoms with Gasteiger partial charge in [-0.05, 0) is 0 Å². The first-order valence-electron chi connectivity index (χ1n) is 2.00. The van der Waals surface area contributed by atoms with E-state index in [0.29, 0.717) is 5.01 Å². The normalized spacial score (nSPS) is 8.00. The zero-order valence-corrected chi connectivity index (χ0v) is 7.81. The van der Waals surface area contributed by atoms with Crippen LogP contribution in [-0.2, 0) is 0 Å². The molecule has 1 heterocycles. The molecule has 0 aliphatic carbocycles. The van der Waals surface area contributed by atoms with Gasteiger partial charge in [-0.25, -0.2) is 4.98 Å². The standard InChI is InChI=1S/C4H4N2OS.Na/c5-3(7)4-6-1-2-8-4;/h1-2H,(H2,5,7);. The van der Waals surface area contributed by atoms with Crippen molar-refractivity contribution in [1.29, 1.82) is 0 Å². The number of rotatable bonds is 1. The summed E-state index contributed by atoms with van der Waals surface area (Å²) < 4.78 is 0. The number of carbonyl (C=O) groups is 1. The minimum atomic E-state index is -0.458. The maximum Gasteiger partial charge on any atom is 0.277 e. The Morgan fingerprint density at radius 3 is 2.67 bits per heavy atom. The predicted octanol–water partition coefficient (Wildman–Crippen LogP) is -0.139. The second-order valence-corrected chi connectivity index (χ2v) is 2.10. The van der Waals surface area contributed by atoms with Gasteiger partial charge >= 0.3 is 0 Å². The number of hydrogen-bond acceptors (Lipinski definition) is 3. The Hall–Kier alpha value is 0.1000. The van der Waals surface area contributed by atoms with E-state index in [1.807, 2.05) is 0 Å². The quantitative estimate of drug-likeness (QED) is 0.568. The summed E-state index contributed by atoms with van der Waals surface area (Å²) in [5.41, 5.74) is 4.87. The van der Waals surface area contributed by atoms with Crippen molar-refractivity contribution < 1.29 is 4.79 Å². The molecule has 0 unspecified atom stereocenters. The molecule has 1 amide bonds. The largest absolute Gasteiger partial charge is 0.364 e. The summed E-state index contributed by atoms with van der Waals surface area (Å²) in [6.45, 7) is 0. The molecule has 0 fully saturated rings. The van der Waals surface area contributed by atoms with Crippen molar-refractivity contribution in [3.8, 4) is 0 Å². The first kappa shape index (κ1) is 9.10. The van der Waals surface area contributed by atoms with Gasteiger partial charge in [0.05, 0.1) is 0 Å². The van der Waals surface area contributed by atoms with Crippen LogP contribution in [0.3, 0.4) is 0 Å². The summed E-state index contributed by atoms with van der Waals surface area (Å²) in [7, 11) is 0. The summed E-state index contributed by atoms with van der Waals surface area (Å²) in [5, 5.41) is 2.07. The number of primary amides is 1. The second-order valence-electron chi connectivity index (χ2n) is 1.20. The predicted molar refractivity (Wildman–Crippen MR) is 36.4 cm³/mol. The fourth-order valence-corrected chi connectivity index (χ4v) is 0.834. The van der Waals surface area contributed by atoms with Crippen LogP contribution in [-0.4, -0.2) is 40.4 Å². The average molecular weight is 151 g/mol. The first-order chi connectivity index (χ1) is 3.80. The minimum absolute atomic E-state index is 0. The van der Waals surface area contributed by atoms with Crippen LogP contribution < -0.4 is 5.73 Å². The van der Waals surface area contributed by atoms with Gasteiger partial charge in [0, 0.05) is 41.1 Å². The van der Waals surface area contributed by atoms with Crippen LogP contribution in [0.1, 0.15) is 9.80 Å². The summed E-state index contributed by atoms with van der Waals surface area (Å²) in [6.07, 6.45) is 1.55. The summed E-state index contributed by atoms with van der Waals surface area (Å²) >= 11 is 1.25.